The summed E-state index contributed by atoms with van der Waals surface area (Å²) < 4.78 is 116. The first-order valence-electron chi connectivity index (χ1n) is 22.5. The highest BCUT2D eigenvalue weighted by Crippen LogP contribution is 2.68. The average molecular weight is 1190 g/mol. The Morgan fingerprint density at radius 3 is 1.88 bits per heavy atom. The number of H-pyrrole nitrogens is 2. The number of hydrogen-bond acceptors (Lipinski definition) is 29. The fourth-order valence-electron chi connectivity index (χ4n) is 8.99. The van der Waals surface area contributed by atoms with Crippen molar-refractivity contribution in [1.29, 1.82) is 0 Å². The number of nitrogens with two attached hydrogens (primary N) is 3. The fraction of sp³-hybridized carbons (Fsp3) is 0.571. The lowest BCUT2D eigenvalue weighted by Crippen LogP contribution is -2.38. The maximum absolute atomic E-state index is 13.7. The molecule has 3 fully saturated rings. The second kappa shape index (κ2) is 22.1. The van der Waals surface area contributed by atoms with Gasteiger partial charge in [-0.1, -0.05) is 0 Å². The van der Waals surface area contributed by atoms with E-state index in [1.54, 1.807) is 0 Å². The molecule has 3 aliphatic rings. The molecule has 3 saturated heterocycles. The number of methoxy groups -OCH3 is 2. The second-order valence-corrected chi connectivity index (χ2v) is 23.5. The monoisotopic (exact) mass is 1190 g/mol. The highest BCUT2D eigenvalue weighted by molar-refractivity contribution is 7.66. The number of anilines is 3. The summed E-state index contributed by atoms with van der Waals surface area (Å²) in [6.45, 7) is -3.13. The highest BCUT2D eigenvalue weighted by atomic mass is 31.3. The summed E-state index contributed by atoms with van der Waals surface area (Å²) in [6.07, 6.45) is -12.7. The largest absolute Gasteiger partial charge is 0.490 e. The molecule has 39 nitrogen and oxygen atoms in total. The first kappa shape index (κ1) is 57.5. The number of phosphoric ester groups is 3. The van der Waals surface area contributed by atoms with Crippen LogP contribution in [-0.4, -0.2) is 178 Å². The number of aliphatic hydroxyl groups excluding tert-OH is 3. The van der Waals surface area contributed by atoms with Crippen LogP contribution in [-0.2, 0) is 75.7 Å². The Hall–Kier alpha value is -5.15. The Morgan fingerprint density at radius 2 is 1.22 bits per heavy atom. The summed E-state index contributed by atoms with van der Waals surface area (Å²) >= 11 is 0. The van der Waals surface area contributed by atoms with Crippen molar-refractivity contribution < 1.29 is 108 Å². The van der Waals surface area contributed by atoms with E-state index in [1.807, 2.05) is 0 Å². The molecule has 428 valence electrons. The number of rotatable bonds is 22. The molecule has 78 heavy (non-hydrogen) atoms. The van der Waals surface area contributed by atoms with Crippen molar-refractivity contribution in [3.05, 3.63) is 46.0 Å². The maximum Gasteiger partial charge on any atom is 0.490 e. The van der Waals surface area contributed by atoms with Gasteiger partial charge in [0, 0.05) is 26.7 Å². The standard InChI is InChI=1S/C35H49N15O24P4/c1-47-12-50(28-19(47)30(55)46-35(38)44-28)31-20(51)13(4-5-64-2)14(69-31)6-67-76(58,59)73-78(62,63)74-77(60,61)68-8-16-23(24(65-3)33(71-16)48-10-41-17-25(36)39-9-40-26(17)48)72-75(56,57)66-7-15-21(52)22(53)32(70-15)49-11-42-18-27(49)43-34(37)45-29(18)54/h9-16,20-24,31-33,51-53H,4-8H2,1-3H3,(H11-,36,37,38,39,40,43,44,45,46,54,55,56,57,58,59,60,61,62,63)/p+1/t13-,14-,15-,16-,20-,21-,22-,23-,24-,31?,32-,33-/m1/s1. The van der Waals surface area contributed by atoms with E-state index in [-0.39, 0.29) is 64.2 Å². The summed E-state index contributed by atoms with van der Waals surface area (Å²) in [4.78, 5) is 96.6. The van der Waals surface area contributed by atoms with Gasteiger partial charge in [-0.3, -0.25) is 46.8 Å². The van der Waals surface area contributed by atoms with Crippen molar-refractivity contribution in [1.82, 2.24) is 53.6 Å². The molecule has 0 spiro atoms. The number of aromatic nitrogens is 12. The van der Waals surface area contributed by atoms with Gasteiger partial charge in [-0.25, -0.2) is 42.8 Å². The molecular weight excluding hydrogens is 1140 g/mol. The Bertz CT molecular complexity index is 3530. The highest BCUT2D eigenvalue weighted by Gasteiger charge is 2.54. The zero-order valence-corrected chi connectivity index (χ0v) is 43.9. The topological polar surface area (TPSA) is 551 Å². The Kier molecular flexibility index (Phi) is 16.3. The molecule has 0 saturated carbocycles. The van der Waals surface area contributed by atoms with Crippen LogP contribution in [0.1, 0.15) is 25.1 Å². The third kappa shape index (κ3) is 11.7. The SMILES string of the molecule is COCC[C@@H]1[C@@H](COP(=O)(O)OP(=O)(O)OP(=O)(O)OC[C@H]2O[C@@H](n3cnc4c(N)ncnc43)[C@H](OC)[C@@H]2OP(=O)(O)OC[C@H]2O[C@@H](n3cnc4c(=O)[nH]c(N)nc43)[C@H](O)[C@@H]2O)OC(n2c[n+](C)c3c(=O)[nH]c(N)nc32)[C@@H]1O. The van der Waals surface area contributed by atoms with Gasteiger partial charge >= 0.3 is 36.9 Å². The number of nitrogen functional groups attached to an aromatic ring is 3. The molecule has 9 rings (SSSR count). The van der Waals surface area contributed by atoms with E-state index in [9.17, 15) is 62.7 Å². The molecule has 0 aromatic carbocycles. The number of imidazole rings is 3. The minimum atomic E-state index is -6.18. The minimum absolute atomic E-state index is 0.00665. The molecule has 3 aliphatic heterocycles. The van der Waals surface area contributed by atoms with Crippen LogP contribution in [0.2, 0.25) is 0 Å². The van der Waals surface area contributed by atoms with E-state index in [0.717, 1.165) is 30.7 Å². The average Bonchev–Trinajstić information content (AvgIpc) is 4.29. The molecule has 6 aromatic heterocycles. The molecule has 0 bridgehead atoms. The molecule has 9 heterocycles. The van der Waals surface area contributed by atoms with Gasteiger partial charge in [-0.05, 0) is 6.42 Å². The molecular formula is C35H50N15O24P4+. The van der Waals surface area contributed by atoms with Crippen LogP contribution in [0.25, 0.3) is 33.5 Å². The van der Waals surface area contributed by atoms with E-state index < -0.39 is 136 Å². The number of hydrogen-bond donors (Lipinski definition) is 12. The van der Waals surface area contributed by atoms with Gasteiger partial charge in [0.05, 0.1) is 45.6 Å². The fourth-order valence-corrected chi connectivity index (χ4v) is 13.5. The normalized spacial score (nSPS) is 29.8. The van der Waals surface area contributed by atoms with Crippen LogP contribution in [0.15, 0.2) is 34.9 Å². The third-order valence-electron chi connectivity index (χ3n) is 12.4. The quantitative estimate of drug-likeness (QED) is 0.0233. The van der Waals surface area contributed by atoms with Crippen molar-refractivity contribution in [2.45, 2.75) is 73.9 Å². The van der Waals surface area contributed by atoms with Gasteiger partial charge in [0.15, 0.2) is 35.1 Å². The third-order valence-corrected chi connectivity index (χ3v) is 17.6. The van der Waals surface area contributed by atoms with Crippen molar-refractivity contribution >= 4 is 82.5 Å². The smallest absolute Gasteiger partial charge is 0.387 e. The predicted octanol–water partition coefficient (Wildman–Crippen LogP) is -3.42. The molecule has 0 aliphatic carbocycles. The Morgan fingerprint density at radius 1 is 0.654 bits per heavy atom. The molecule has 16 atom stereocenters. The molecule has 0 radical (unpaired) electrons. The number of nitrogens with zero attached hydrogens (tertiary/aromatic N) is 10. The zero-order valence-electron chi connectivity index (χ0n) is 40.3. The summed E-state index contributed by atoms with van der Waals surface area (Å²) in [6, 6.07) is 0. The van der Waals surface area contributed by atoms with Crippen LogP contribution in [0.4, 0.5) is 17.7 Å². The first-order chi connectivity index (χ1) is 36.7. The van der Waals surface area contributed by atoms with E-state index >= 15 is 0 Å². The van der Waals surface area contributed by atoms with Crippen LogP contribution >= 0.6 is 31.3 Å². The van der Waals surface area contributed by atoms with Crippen LogP contribution in [0.5, 0.6) is 0 Å². The number of ether oxygens (including phenoxy) is 5. The second-order valence-electron chi connectivity index (χ2n) is 17.4. The van der Waals surface area contributed by atoms with E-state index in [0.29, 0.717) is 0 Å². The van der Waals surface area contributed by atoms with Crippen LogP contribution in [0, 0.1) is 5.92 Å². The van der Waals surface area contributed by atoms with Gasteiger partial charge in [0.1, 0.15) is 54.6 Å². The van der Waals surface area contributed by atoms with E-state index in [2.05, 4.69) is 48.5 Å². The van der Waals surface area contributed by atoms with Crippen molar-refractivity contribution in [2.75, 3.05) is 57.8 Å². The van der Waals surface area contributed by atoms with E-state index in [1.165, 1.54) is 34.2 Å². The number of aromatic amines is 2. The lowest BCUT2D eigenvalue weighted by atomic mass is 9.95. The van der Waals surface area contributed by atoms with Gasteiger partial charge in [0.2, 0.25) is 24.5 Å². The van der Waals surface area contributed by atoms with Crippen molar-refractivity contribution in [3.63, 3.8) is 0 Å². The van der Waals surface area contributed by atoms with Crippen molar-refractivity contribution in [2.24, 2.45) is 13.0 Å². The lowest BCUT2D eigenvalue weighted by molar-refractivity contribution is -0.646. The summed E-state index contributed by atoms with van der Waals surface area (Å²) in [5.41, 5.74) is 15.8. The molecule has 0 amide bonds. The first-order valence-corrected chi connectivity index (χ1v) is 28.5. The molecule has 6 aromatic rings. The van der Waals surface area contributed by atoms with Crippen molar-refractivity contribution in [3.8, 4) is 0 Å². The maximum atomic E-state index is 13.7. The number of aryl methyl sites for hydroxylation is 1. The van der Waals surface area contributed by atoms with Gasteiger partial charge in [-0.15, -0.1) is 0 Å². The summed E-state index contributed by atoms with van der Waals surface area (Å²) in [5, 5.41) is 33.2. The zero-order chi connectivity index (χ0) is 56.4. The predicted molar refractivity (Wildman–Crippen MR) is 253 cm³/mol. The van der Waals surface area contributed by atoms with Gasteiger partial charge in [-0.2, -0.15) is 23.2 Å². The molecule has 15 N–H and O–H groups in total. The van der Waals surface area contributed by atoms with Gasteiger partial charge in [0.25, 0.3) is 16.7 Å². The molecule has 5 unspecified atom stereocenters. The number of phosphoric acid groups is 4. The summed E-state index contributed by atoms with van der Waals surface area (Å²) in [5.74, 6) is -1.59. The number of nitrogens with one attached hydrogen (secondary N) is 2. The lowest BCUT2D eigenvalue weighted by Gasteiger charge is -2.26. The van der Waals surface area contributed by atoms with Crippen LogP contribution < -0.4 is 32.9 Å². The molecule has 43 heteroatoms. The Balaban J connectivity index is 0.871. The number of fused-ring (bicyclic) bond motifs is 3. The summed E-state index contributed by atoms with van der Waals surface area (Å²) in [7, 11) is -19.4. The van der Waals surface area contributed by atoms with Gasteiger partial charge < -0.3 is 75.8 Å². The van der Waals surface area contributed by atoms with E-state index in [4.69, 9.17) is 59.0 Å². The minimum Gasteiger partial charge on any atom is -0.387 e. The van der Waals surface area contributed by atoms with Crippen LogP contribution in [0.3, 0.4) is 0 Å². The Labute approximate surface area is 434 Å². The number of aliphatic hydroxyl groups is 3.